The number of aromatic nitrogens is 2. The highest BCUT2D eigenvalue weighted by Crippen LogP contribution is 2.32. The molecule has 2 heterocycles. The first-order chi connectivity index (χ1) is 12.6. The summed E-state index contributed by atoms with van der Waals surface area (Å²) >= 11 is 0. The summed E-state index contributed by atoms with van der Waals surface area (Å²) in [6.45, 7) is 0. The molecule has 0 spiro atoms. The number of rotatable bonds is 2. The van der Waals surface area contributed by atoms with E-state index in [0.29, 0.717) is 28.4 Å². The number of hydrogen-bond donors (Lipinski definition) is 2. The molecule has 1 amide bonds. The van der Waals surface area contributed by atoms with Gasteiger partial charge in [-0.3, -0.25) is 9.72 Å². The number of fused-ring (bicyclic) bond motifs is 3. The number of imidazole rings is 1. The van der Waals surface area contributed by atoms with Crippen molar-refractivity contribution in [2.24, 2.45) is 0 Å². The van der Waals surface area contributed by atoms with Crippen molar-refractivity contribution in [3.05, 3.63) is 60.5 Å². The number of ether oxygens (including phenoxy) is 1. The van der Waals surface area contributed by atoms with E-state index >= 15 is 0 Å². The monoisotopic (exact) mass is 350 g/mol. The maximum atomic E-state index is 14.2. The lowest BCUT2D eigenvalue weighted by atomic mass is 10.1. The Hall–Kier alpha value is -3.61. The minimum atomic E-state index is -0.564. The van der Waals surface area contributed by atoms with Gasteiger partial charge in [0.05, 0.1) is 7.11 Å². The fourth-order valence-electron chi connectivity index (χ4n) is 2.93. The highest BCUT2D eigenvalue weighted by molar-refractivity contribution is 5.99. The number of carbonyl (C=O) groups excluding carboxylic acids is 1. The summed E-state index contributed by atoms with van der Waals surface area (Å²) < 4.78 is 20.5. The first kappa shape index (κ1) is 15.9. The fourth-order valence-corrected chi connectivity index (χ4v) is 2.93. The lowest BCUT2D eigenvalue weighted by molar-refractivity contribution is 0.187. The third-order valence-corrected chi connectivity index (χ3v) is 4.21. The first-order valence-corrected chi connectivity index (χ1v) is 7.88. The fraction of sp³-hybridized carbons (Fsp3) is 0.0526. The van der Waals surface area contributed by atoms with Gasteiger partial charge in [-0.1, -0.05) is 18.2 Å². The minimum Gasteiger partial charge on any atom is -0.453 e. The van der Waals surface area contributed by atoms with Crippen LogP contribution < -0.4 is 11.1 Å². The zero-order valence-corrected chi connectivity index (χ0v) is 13.9. The maximum Gasteiger partial charge on any atom is 0.411 e. The number of pyridine rings is 1. The van der Waals surface area contributed by atoms with E-state index in [-0.39, 0.29) is 5.82 Å². The highest BCUT2D eigenvalue weighted by atomic mass is 19.1. The van der Waals surface area contributed by atoms with E-state index < -0.39 is 6.09 Å². The molecule has 0 saturated carbocycles. The molecule has 0 bridgehead atoms. The van der Waals surface area contributed by atoms with Crippen molar-refractivity contribution in [3.63, 3.8) is 0 Å². The molecule has 2 aromatic heterocycles. The van der Waals surface area contributed by atoms with Gasteiger partial charge >= 0.3 is 6.09 Å². The molecule has 3 N–H and O–H groups in total. The average Bonchev–Trinajstić information content (AvgIpc) is 2.99. The number of methoxy groups -OCH3 is 1. The maximum absolute atomic E-state index is 14.2. The third-order valence-electron chi connectivity index (χ3n) is 4.21. The Bertz CT molecular complexity index is 1150. The van der Waals surface area contributed by atoms with Crippen molar-refractivity contribution in [3.8, 4) is 11.3 Å². The molecule has 4 aromatic rings. The van der Waals surface area contributed by atoms with Crippen molar-refractivity contribution in [1.82, 2.24) is 9.38 Å². The molecule has 0 aliphatic carbocycles. The van der Waals surface area contributed by atoms with Crippen LogP contribution in [0.4, 0.5) is 20.7 Å². The number of anilines is 2. The Kier molecular flexibility index (Phi) is 3.69. The van der Waals surface area contributed by atoms with Gasteiger partial charge in [-0.25, -0.2) is 14.2 Å². The molecule has 0 fully saturated rings. The van der Waals surface area contributed by atoms with Gasteiger partial charge in [-0.05, 0) is 35.7 Å². The highest BCUT2D eigenvalue weighted by Gasteiger charge is 2.16. The van der Waals surface area contributed by atoms with Gasteiger partial charge in [0.1, 0.15) is 23.0 Å². The van der Waals surface area contributed by atoms with Crippen LogP contribution in [0.3, 0.4) is 0 Å². The molecule has 4 rings (SSSR count). The summed E-state index contributed by atoms with van der Waals surface area (Å²) in [5.74, 6) is -0.0433. The van der Waals surface area contributed by atoms with Crippen LogP contribution >= 0.6 is 0 Å². The van der Waals surface area contributed by atoms with Crippen molar-refractivity contribution in [1.29, 1.82) is 0 Å². The normalized spacial score (nSPS) is 11.0. The van der Waals surface area contributed by atoms with E-state index in [9.17, 15) is 9.18 Å². The van der Waals surface area contributed by atoms with Crippen LogP contribution in [0.25, 0.3) is 27.7 Å². The van der Waals surface area contributed by atoms with Crippen LogP contribution in [0.15, 0.2) is 54.7 Å². The quantitative estimate of drug-likeness (QED) is 0.571. The molecule has 2 aromatic carbocycles. The van der Waals surface area contributed by atoms with Gasteiger partial charge < -0.3 is 10.5 Å². The zero-order chi connectivity index (χ0) is 18.3. The van der Waals surface area contributed by atoms with Gasteiger partial charge in [0.15, 0.2) is 0 Å². The summed E-state index contributed by atoms with van der Waals surface area (Å²) in [5.41, 5.74) is 8.07. The number of benzene rings is 2. The van der Waals surface area contributed by atoms with Gasteiger partial charge in [0.2, 0.25) is 0 Å². The zero-order valence-electron chi connectivity index (χ0n) is 13.9. The number of hydrogen-bond acceptors (Lipinski definition) is 4. The number of amides is 1. The van der Waals surface area contributed by atoms with Gasteiger partial charge in [0.25, 0.3) is 0 Å². The summed E-state index contributed by atoms with van der Waals surface area (Å²) in [6.07, 6.45) is 1.23. The molecular formula is C19H15FN4O2. The molecule has 0 aliphatic rings. The number of nitrogens with two attached hydrogens (primary N) is 1. The molecule has 0 radical (unpaired) electrons. The number of halogens is 1. The number of nitrogens with zero attached hydrogens (tertiary/aromatic N) is 2. The van der Waals surface area contributed by atoms with Crippen molar-refractivity contribution in [2.75, 3.05) is 18.2 Å². The Labute approximate surface area is 148 Å². The van der Waals surface area contributed by atoms with Crippen LogP contribution in [-0.2, 0) is 4.74 Å². The number of carbonyl (C=O) groups is 1. The molecule has 0 atom stereocenters. The van der Waals surface area contributed by atoms with E-state index in [2.05, 4.69) is 15.0 Å². The Balaban J connectivity index is 1.94. The first-order valence-electron chi connectivity index (χ1n) is 7.88. The molecule has 6 nitrogen and oxygen atoms in total. The van der Waals surface area contributed by atoms with Crippen molar-refractivity contribution >= 4 is 34.0 Å². The summed E-state index contributed by atoms with van der Waals surface area (Å²) in [6, 6.07) is 13.6. The van der Waals surface area contributed by atoms with Crippen LogP contribution in [0, 0.1) is 5.82 Å². The van der Waals surface area contributed by atoms with Crippen LogP contribution in [0.5, 0.6) is 0 Å². The van der Waals surface area contributed by atoms with Crippen molar-refractivity contribution < 1.29 is 13.9 Å². The van der Waals surface area contributed by atoms with Crippen LogP contribution in [0.1, 0.15) is 0 Å². The number of nitrogen functional groups attached to an aromatic ring is 1. The second-order valence-electron chi connectivity index (χ2n) is 5.75. The summed E-state index contributed by atoms with van der Waals surface area (Å²) in [5, 5.41) is 4.31. The molecule has 0 saturated heterocycles. The topological polar surface area (TPSA) is 81.6 Å². The predicted molar refractivity (Wildman–Crippen MR) is 98.5 cm³/mol. The third kappa shape index (κ3) is 2.50. The Morgan fingerprint density at radius 1 is 1.23 bits per heavy atom. The van der Waals surface area contributed by atoms with E-state index in [4.69, 9.17) is 5.73 Å². The molecule has 7 heteroatoms. The Morgan fingerprint density at radius 2 is 2.04 bits per heavy atom. The Morgan fingerprint density at radius 3 is 2.81 bits per heavy atom. The van der Waals surface area contributed by atoms with E-state index in [1.807, 2.05) is 12.1 Å². The average molecular weight is 350 g/mol. The second-order valence-corrected chi connectivity index (χ2v) is 5.75. The largest absolute Gasteiger partial charge is 0.453 e. The smallest absolute Gasteiger partial charge is 0.411 e. The molecule has 26 heavy (non-hydrogen) atoms. The minimum absolute atomic E-state index is 0.339. The molecule has 0 aliphatic heterocycles. The van der Waals surface area contributed by atoms with Crippen LogP contribution in [-0.4, -0.2) is 22.6 Å². The predicted octanol–water partition coefficient (Wildman–Crippen LogP) is 4.05. The molecular weight excluding hydrogens is 335 g/mol. The van der Waals surface area contributed by atoms with Crippen molar-refractivity contribution in [2.45, 2.75) is 0 Å². The lowest BCUT2D eigenvalue weighted by Gasteiger charge is -2.06. The van der Waals surface area contributed by atoms with Gasteiger partial charge in [-0.15, -0.1) is 0 Å². The standard InChI is InChI=1S/C19H15FN4O2/c1-26-19(25)22-12-7-6-11-8-9-24-17(21)16(23-18(24)14(11)10-12)13-4-2-3-5-15(13)20/h2-10H,21H2,1H3,(H,22,25). The van der Waals surface area contributed by atoms with Gasteiger partial charge in [0, 0.05) is 22.8 Å². The molecule has 130 valence electrons. The summed E-state index contributed by atoms with van der Waals surface area (Å²) in [7, 11) is 1.30. The van der Waals surface area contributed by atoms with E-state index in [1.165, 1.54) is 13.2 Å². The second kappa shape index (κ2) is 6.03. The van der Waals surface area contributed by atoms with Crippen LogP contribution in [0.2, 0.25) is 0 Å². The number of nitrogens with one attached hydrogen (secondary N) is 1. The van der Waals surface area contributed by atoms with E-state index in [1.54, 1.807) is 40.9 Å². The summed E-state index contributed by atoms with van der Waals surface area (Å²) in [4.78, 5) is 16.0. The van der Waals surface area contributed by atoms with E-state index in [0.717, 1.165) is 10.8 Å². The van der Waals surface area contributed by atoms with Gasteiger partial charge in [-0.2, -0.15) is 0 Å². The lowest BCUT2D eigenvalue weighted by Crippen LogP contribution is -2.10. The SMILES string of the molecule is COC(=O)Nc1ccc2ccn3c(N)c(-c4ccccc4F)nc3c2c1. The molecule has 0 unspecified atom stereocenters.